The number of rotatable bonds is 7. The van der Waals surface area contributed by atoms with Crippen LogP contribution in [0.1, 0.15) is 44.0 Å². The van der Waals surface area contributed by atoms with Crippen LogP contribution in [0.15, 0.2) is 48.9 Å². The van der Waals surface area contributed by atoms with Crippen molar-refractivity contribution >= 4 is 5.91 Å². The zero-order chi connectivity index (χ0) is 15.8. The topological polar surface area (TPSA) is 54.9 Å². The summed E-state index contributed by atoms with van der Waals surface area (Å²) in [6.45, 7) is 4.31. The zero-order valence-corrected chi connectivity index (χ0v) is 13.2. The Hall–Kier alpha value is -2.23. The summed E-state index contributed by atoms with van der Waals surface area (Å²) in [5, 5.41) is 3.13. The van der Waals surface area contributed by atoms with Crippen molar-refractivity contribution in [3.63, 3.8) is 0 Å². The minimum absolute atomic E-state index is 0.0185. The third-order valence-corrected chi connectivity index (χ3v) is 3.46. The Morgan fingerprint density at radius 2 is 2.05 bits per heavy atom. The number of carbonyl (C=O) groups excluding carboxylic acids is 1. The van der Waals surface area contributed by atoms with Gasteiger partial charge in [-0.05, 0) is 42.5 Å². The molecule has 1 N–H and O–H groups in total. The summed E-state index contributed by atoms with van der Waals surface area (Å²) in [6.07, 6.45) is 7.34. The highest BCUT2D eigenvalue weighted by molar-refractivity contribution is 5.76. The minimum atomic E-state index is 0.0185. The number of amides is 1. The van der Waals surface area contributed by atoms with E-state index in [2.05, 4.69) is 29.1 Å². The molecular weight excluding hydrogens is 274 g/mol. The smallest absolute Gasteiger partial charge is 0.220 e. The van der Waals surface area contributed by atoms with Crippen LogP contribution in [-0.2, 0) is 11.2 Å². The number of carbonyl (C=O) groups is 1. The Bertz CT molecular complexity index is 569. The highest BCUT2D eigenvalue weighted by Gasteiger charge is 2.16. The molecule has 2 rings (SSSR count). The van der Waals surface area contributed by atoms with Crippen LogP contribution in [0, 0.1) is 5.92 Å². The molecule has 4 nitrogen and oxygen atoms in total. The second-order valence-corrected chi connectivity index (χ2v) is 5.86. The Labute approximate surface area is 132 Å². The number of nitrogens with zero attached hydrogens (tertiary/aromatic N) is 2. The fourth-order valence-electron chi connectivity index (χ4n) is 2.39. The quantitative estimate of drug-likeness (QED) is 0.853. The van der Waals surface area contributed by atoms with Crippen LogP contribution in [-0.4, -0.2) is 15.9 Å². The van der Waals surface area contributed by atoms with Gasteiger partial charge in [0.15, 0.2) is 0 Å². The molecule has 2 aromatic rings. The molecule has 0 radical (unpaired) electrons. The standard InChI is InChI=1S/C18H23N3O/c1-14(2)12-17(15-6-5-10-19-13-15)21-18(22)9-8-16-7-3-4-11-20-16/h3-7,10-11,13-14,17H,8-9,12H2,1-2H3,(H,21,22)/t17-/m0/s1. The van der Waals surface area contributed by atoms with E-state index < -0.39 is 0 Å². The number of nitrogens with one attached hydrogen (secondary N) is 1. The van der Waals surface area contributed by atoms with Crippen LogP contribution in [0.4, 0.5) is 0 Å². The van der Waals surface area contributed by atoms with Crippen LogP contribution < -0.4 is 5.32 Å². The van der Waals surface area contributed by atoms with Gasteiger partial charge in [-0.25, -0.2) is 0 Å². The van der Waals surface area contributed by atoms with Gasteiger partial charge >= 0.3 is 0 Å². The summed E-state index contributed by atoms with van der Waals surface area (Å²) in [4.78, 5) is 20.6. The normalized spacial score (nSPS) is 12.1. The lowest BCUT2D eigenvalue weighted by atomic mass is 9.98. The van der Waals surface area contributed by atoms with Crippen LogP contribution in [0.25, 0.3) is 0 Å². The van der Waals surface area contributed by atoms with E-state index in [4.69, 9.17) is 0 Å². The Balaban J connectivity index is 1.93. The van der Waals surface area contributed by atoms with E-state index in [1.807, 2.05) is 36.5 Å². The van der Waals surface area contributed by atoms with Crippen molar-refractivity contribution in [1.82, 2.24) is 15.3 Å². The molecule has 0 aliphatic rings. The molecule has 0 saturated carbocycles. The third kappa shape index (κ3) is 5.28. The van der Waals surface area contributed by atoms with Crippen molar-refractivity contribution in [3.8, 4) is 0 Å². The van der Waals surface area contributed by atoms with E-state index in [0.717, 1.165) is 17.7 Å². The highest BCUT2D eigenvalue weighted by Crippen LogP contribution is 2.20. The summed E-state index contributed by atoms with van der Waals surface area (Å²) in [5.74, 6) is 0.557. The first-order valence-corrected chi connectivity index (χ1v) is 7.74. The lowest BCUT2D eigenvalue weighted by Crippen LogP contribution is -2.29. The van der Waals surface area contributed by atoms with E-state index in [-0.39, 0.29) is 11.9 Å². The van der Waals surface area contributed by atoms with Crippen LogP contribution in [0.3, 0.4) is 0 Å². The maximum atomic E-state index is 12.2. The molecule has 0 saturated heterocycles. The molecule has 22 heavy (non-hydrogen) atoms. The van der Waals surface area contributed by atoms with Crippen molar-refractivity contribution in [3.05, 3.63) is 60.2 Å². The molecule has 2 aromatic heterocycles. The highest BCUT2D eigenvalue weighted by atomic mass is 16.1. The number of pyridine rings is 2. The van der Waals surface area contributed by atoms with E-state index in [1.165, 1.54) is 0 Å². The molecule has 1 amide bonds. The molecule has 0 aliphatic carbocycles. The number of aromatic nitrogens is 2. The SMILES string of the molecule is CC(C)C[C@H](NC(=O)CCc1ccccn1)c1cccnc1. The van der Waals surface area contributed by atoms with Crippen molar-refractivity contribution < 1.29 is 4.79 Å². The maximum absolute atomic E-state index is 12.2. The molecule has 2 heterocycles. The minimum Gasteiger partial charge on any atom is -0.349 e. The molecule has 0 bridgehead atoms. The van der Waals surface area contributed by atoms with Gasteiger partial charge in [0.2, 0.25) is 5.91 Å². The number of aryl methyl sites for hydroxylation is 1. The van der Waals surface area contributed by atoms with Gasteiger partial charge in [0.1, 0.15) is 0 Å². The van der Waals surface area contributed by atoms with Gasteiger partial charge in [-0.15, -0.1) is 0 Å². The predicted octanol–water partition coefficient (Wildman–Crippen LogP) is 3.31. The van der Waals surface area contributed by atoms with Crippen LogP contribution in [0.5, 0.6) is 0 Å². The van der Waals surface area contributed by atoms with Crippen LogP contribution in [0.2, 0.25) is 0 Å². The zero-order valence-electron chi connectivity index (χ0n) is 13.2. The first kappa shape index (κ1) is 16.1. The van der Waals surface area contributed by atoms with Crippen molar-refractivity contribution in [2.75, 3.05) is 0 Å². The van der Waals surface area contributed by atoms with Gasteiger partial charge in [-0.2, -0.15) is 0 Å². The summed E-state index contributed by atoms with van der Waals surface area (Å²) in [6, 6.07) is 9.70. The lowest BCUT2D eigenvalue weighted by molar-refractivity contribution is -0.121. The van der Waals surface area contributed by atoms with Crippen LogP contribution >= 0.6 is 0 Å². The van der Waals surface area contributed by atoms with Gasteiger partial charge in [0.25, 0.3) is 0 Å². The van der Waals surface area contributed by atoms with Gasteiger partial charge in [0.05, 0.1) is 6.04 Å². The summed E-state index contributed by atoms with van der Waals surface area (Å²) in [7, 11) is 0. The van der Waals surface area contributed by atoms with Gasteiger partial charge in [0, 0.05) is 30.7 Å². The first-order valence-electron chi connectivity index (χ1n) is 7.74. The fraction of sp³-hybridized carbons (Fsp3) is 0.389. The lowest BCUT2D eigenvalue weighted by Gasteiger charge is -2.20. The Morgan fingerprint density at radius 3 is 2.68 bits per heavy atom. The van der Waals surface area contributed by atoms with Crippen molar-refractivity contribution in [2.24, 2.45) is 5.92 Å². The molecule has 0 spiro atoms. The number of hydrogen-bond acceptors (Lipinski definition) is 3. The molecule has 0 aromatic carbocycles. The molecule has 0 unspecified atom stereocenters. The number of hydrogen-bond donors (Lipinski definition) is 1. The molecule has 116 valence electrons. The molecule has 0 fully saturated rings. The average molecular weight is 297 g/mol. The molecule has 1 atom stereocenters. The maximum Gasteiger partial charge on any atom is 0.220 e. The average Bonchev–Trinajstić information content (AvgIpc) is 2.54. The van der Waals surface area contributed by atoms with E-state index in [0.29, 0.717) is 18.8 Å². The summed E-state index contributed by atoms with van der Waals surface area (Å²) >= 11 is 0. The predicted molar refractivity (Wildman–Crippen MR) is 87.1 cm³/mol. The molecule has 4 heteroatoms. The fourth-order valence-corrected chi connectivity index (χ4v) is 2.39. The largest absolute Gasteiger partial charge is 0.349 e. The van der Waals surface area contributed by atoms with Crippen molar-refractivity contribution in [1.29, 1.82) is 0 Å². The first-order chi connectivity index (χ1) is 10.6. The van der Waals surface area contributed by atoms with E-state index >= 15 is 0 Å². The summed E-state index contributed by atoms with van der Waals surface area (Å²) < 4.78 is 0. The monoisotopic (exact) mass is 297 g/mol. The van der Waals surface area contributed by atoms with Gasteiger partial charge < -0.3 is 5.32 Å². The molecular formula is C18H23N3O. The van der Waals surface area contributed by atoms with E-state index in [1.54, 1.807) is 12.4 Å². The Morgan fingerprint density at radius 1 is 1.18 bits per heavy atom. The Kier molecular flexibility index (Phi) is 6.07. The third-order valence-electron chi connectivity index (χ3n) is 3.46. The van der Waals surface area contributed by atoms with Crippen molar-refractivity contribution in [2.45, 2.75) is 39.2 Å². The molecule has 0 aliphatic heterocycles. The van der Waals surface area contributed by atoms with Gasteiger partial charge in [-0.1, -0.05) is 26.0 Å². The summed E-state index contributed by atoms with van der Waals surface area (Å²) in [5.41, 5.74) is 2.00. The second-order valence-electron chi connectivity index (χ2n) is 5.86. The van der Waals surface area contributed by atoms with Gasteiger partial charge in [-0.3, -0.25) is 14.8 Å². The second kappa shape index (κ2) is 8.27. The van der Waals surface area contributed by atoms with E-state index in [9.17, 15) is 4.79 Å².